The van der Waals surface area contributed by atoms with Gasteiger partial charge in [0.25, 0.3) is 5.56 Å². The maximum Gasteiger partial charge on any atom is 0.251 e. The van der Waals surface area contributed by atoms with E-state index in [1.54, 1.807) is 18.7 Å². The summed E-state index contributed by atoms with van der Waals surface area (Å²) in [4.78, 5) is 32.3. The smallest absolute Gasteiger partial charge is 0.251 e. The molecule has 0 saturated carbocycles. The van der Waals surface area contributed by atoms with Gasteiger partial charge in [0.1, 0.15) is 0 Å². The van der Waals surface area contributed by atoms with Crippen molar-refractivity contribution in [3.8, 4) is 0 Å². The molecule has 0 aliphatic heterocycles. The van der Waals surface area contributed by atoms with Crippen molar-refractivity contribution in [3.63, 3.8) is 0 Å². The first kappa shape index (κ1) is 21.1. The zero-order chi connectivity index (χ0) is 20.8. The van der Waals surface area contributed by atoms with E-state index in [2.05, 4.69) is 15.3 Å². The summed E-state index contributed by atoms with van der Waals surface area (Å²) >= 11 is 2.62. The van der Waals surface area contributed by atoms with E-state index in [1.165, 1.54) is 12.1 Å². The highest BCUT2D eigenvalue weighted by Gasteiger charge is 2.17. The van der Waals surface area contributed by atoms with Crippen LogP contribution in [0.5, 0.6) is 0 Å². The lowest BCUT2D eigenvalue weighted by Crippen LogP contribution is -2.23. The number of benzene rings is 2. The molecule has 9 heteroatoms. The fourth-order valence-corrected chi connectivity index (χ4v) is 3.97. The van der Waals surface area contributed by atoms with Crippen molar-refractivity contribution in [1.29, 1.82) is 0 Å². The van der Waals surface area contributed by atoms with Gasteiger partial charge in [0, 0.05) is 28.5 Å². The third-order valence-electron chi connectivity index (χ3n) is 3.75. The number of anilines is 1. The molecule has 1 heterocycles. The number of aromatic amines is 1. The van der Waals surface area contributed by atoms with Crippen LogP contribution < -0.4 is 10.9 Å². The van der Waals surface area contributed by atoms with E-state index in [0.29, 0.717) is 16.6 Å². The van der Waals surface area contributed by atoms with Gasteiger partial charge in [-0.05, 0) is 31.2 Å². The number of hydrogen-bond donors (Lipinski definition) is 2. The van der Waals surface area contributed by atoms with E-state index in [-0.39, 0.29) is 11.2 Å². The minimum Gasteiger partial charge on any atom is -0.325 e. The van der Waals surface area contributed by atoms with Gasteiger partial charge < -0.3 is 10.3 Å². The normalized spacial score (nSPS) is 11.8. The fourth-order valence-electron chi connectivity index (χ4n) is 2.33. The Morgan fingerprint density at radius 3 is 2.62 bits per heavy atom. The van der Waals surface area contributed by atoms with Crippen molar-refractivity contribution < 1.29 is 13.6 Å². The first-order valence-corrected chi connectivity index (χ1v) is 10.5. The second kappa shape index (κ2) is 9.71. The number of thioether (sulfide) groups is 2. The number of carbonyl (C=O) groups is 1. The number of halogens is 2. The Morgan fingerprint density at radius 2 is 1.90 bits per heavy atom. The van der Waals surface area contributed by atoms with Crippen molar-refractivity contribution in [3.05, 3.63) is 82.3 Å². The van der Waals surface area contributed by atoms with Gasteiger partial charge in [-0.15, -0.1) is 11.8 Å². The summed E-state index contributed by atoms with van der Waals surface area (Å²) in [6.07, 6.45) is 0. The molecule has 2 aromatic carbocycles. The average Bonchev–Trinajstić information content (AvgIpc) is 2.69. The molecular formula is C20H17F2N3O2S2. The van der Waals surface area contributed by atoms with Crippen molar-refractivity contribution in [2.24, 2.45) is 0 Å². The number of hydrogen-bond acceptors (Lipinski definition) is 5. The molecule has 5 nitrogen and oxygen atoms in total. The van der Waals surface area contributed by atoms with Gasteiger partial charge in [0.15, 0.2) is 16.8 Å². The van der Waals surface area contributed by atoms with Crippen molar-refractivity contribution in [2.75, 3.05) is 5.32 Å². The molecule has 1 amide bonds. The third kappa shape index (κ3) is 6.16. The molecule has 0 spiro atoms. The summed E-state index contributed by atoms with van der Waals surface area (Å²) in [5.41, 5.74) is 0.438. The van der Waals surface area contributed by atoms with Crippen LogP contribution in [0.25, 0.3) is 0 Å². The molecule has 1 unspecified atom stereocenters. The summed E-state index contributed by atoms with van der Waals surface area (Å²) in [6, 6.07) is 14.3. The second-order valence-corrected chi connectivity index (χ2v) is 8.40. The molecule has 2 N–H and O–H groups in total. The Labute approximate surface area is 174 Å². The molecule has 0 bridgehead atoms. The highest BCUT2D eigenvalue weighted by Crippen LogP contribution is 2.24. The lowest BCUT2D eigenvalue weighted by atomic mass is 10.3. The molecule has 3 aromatic rings. The van der Waals surface area contributed by atoms with Gasteiger partial charge in [-0.2, -0.15) is 0 Å². The van der Waals surface area contributed by atoms with Crippen LogP contribution >= 0.6 is 23.5 Å². The van der Waals surface area contributed by atoms with E-state index < -0.39 is 22.8 Å². The predicted octanol–water partition coefficient (Wildman–Crippen LogP) is 4.46. The minimum absolute atomic E-state index is 0.149. The van der Waals surface area contributed by atoms with Gasteiger partial charge >= 0.3 is 0 Å². The van der Waals surface area contributed by atoms with Gasteiger partial charge in [0.05, 0.1) is 10.9 Å². The molecule has 1 aromatic heterocycles. The predicted molar refractivity (Wildman–Crippen MR) is 111 cm³/mol. The van der Waals surface area contributed by atoms with E-state index in [9.17, 15) is 18.4 Å². The van der Waals surface area contributed by atoms with Crippen LogP contribution in [-0.4, -0.2) is 21.1 Å². The van der Waals surface area contributed by atoms with Crippen LogP contribution in [0.2, 0.25) is 0 Å². The summed E-state index contributed by atoms with van der Waals surface area (Å²) in [6.45, 7) is 1.63. The Balaban J connectivity index is 1.63. The third-order valence-corrected chi connectivity index (χ3v) is 5.78. The molecule has 0 radical (unpaired) electrons. The first-order chi connectivity index (χ1) is 13.9. The number of amides is 1. The summed E-state index contributed by atoms with van der Waals surface area (Å²) in [5, 5.41) is 2.21. The van der Waals surface area contributed by atoms with Crippen molar-refractivity contribution in [1.82, 2.24) is 9.97 Å². The molecule has 1 atom stereocenters. The zero-order valence-electron chi connectivity index (χ0n) is 15.3. The summed E-state index contributed by atoms with van der Waals surface area (Å²) in [5.74, 6) is -1.94. The highest BCUT2D eigenvalue weighted by atomic mass is 32.2. The number of aromatic nitrogens is 2. The van der Waals surface area contributed by atoms with Gasteiger partial charge in [-0.3, -0.25) is 9.59 Å². The largest absolute Gasteiger partial charge is 0.325 e. The van der Waals surface area contributed by atoms with Crippen LogP contribution in [0, 0.1) is 11.6 Å². The zero-order valence-corrected chi connectivity index (χ0v) is 16.9. The first-order valence-electron chi connectivity index (χ1n) is 8.61. The maximum absolute atomic E-state index is 13.3. The topological polar surface area (TPSA) is 74.8 Å². The maximum atomic E-state index is 13.3. The molecular weight excluding hydrogens is 416 g/mol. The molecule has 150 valence electrons. The highest BCUT2D eigenvalue weighted by molar-refractivity contribution is 8.00. The lowest BCUT2D eigenvalue weighted by Gasteiger charge is -2.12. The summed E-state index contributed by atoms with van der Waals surface area (Å²) in [7, 11) is 0. The van der Waals surface area contributed by atoms with E-state index in [0.717, 1.165) is 28.8 Å². The van der Waals surface area contributed by atoms with Gasteiger partial charge in [-0.25, -0.2) is 13.8 Å². The average molecular weight is 434 g/mol. The van der Waals surface area contributed by atoms with Crippen LogP contribution in [0.1, 0.15) is 12.6 Å². The Morgan fingerprint density at radius 1 is 1.14 bits per heavy atom. The number of nitrogens with zero attached hydrogens (tertiary/aromatic N) is 1. The van der Waals surface area contributed by atoms with Crippen LogP contribution in [0.15, 0.2) is 69.4 Å². The number of carbonyl (C=O) groups excluding carboxylic acids is 1. The standard InChI is InChI=1S/C20H17F2N3O2S2/c1-12(19(27)23-13-7-8-16(21)17(22)9-13)29-20-24-14(10-18(26)25-20)11-28-15-5-3-2-4-6-15/h2-10,12H,11H2,1H3,(H,23,27)(H,24,25,26). The van der Waals surface area contributed by atoms with Gasteiger partial charge in [0.2, 0.25) is 5.91 Å². The molecule has 0 aliphatic rings. The van der Waals surface area contributed by atoms with Crippen LogP contribution in [0.4, 0.5) is 14.5 Å². The molecule has 0 fully saturated rings. The Kier molecular flexibility index (Phi) is 7.05. The van der Waals surface area contributed by atoms with E-state index >= 15 is 0 Å². The van der Waals surface area contributed by atoms with Crippen molar-refractivity contribution >= 4 is 35.1 Å². The van der Waals surface area contributed by atoms with Crippen LogP contribution in [0.3, 0.4) is 0 Å². The molecule has 0 aliphatic carbocycles. The lowest BCUT2D eigenvalue weighted by molar-refractivity contribution is -0.115. The summed E-state index contributed by atoms with van der Waals surface area (Å²) < 4.78 is 26.3. The van der Waals surface area contributed by atoms with Crippen LogP contribution in [-0.2, 0) is 10.5 Å². The van der Waals surface area contributed by atoms with Gasteiger partial charge in [-0.1, -0.05) is 30.0 Å². The molecule has 29 heavy (non-hydrogen) atoms. The minimum atomic E-state index is -1.04. The van der Waals surface area contributed by atoms with Crippen molar-refractivity contribution in [2.45, 2.75) is 28.0 Å². The molecule has 0 saturated heterocycles. The molecule has 3 rings (SSSR count). The fraction of sp³-hybridized carbons (Fsp3) is 0.150. The quantitative estimate of drug-likeness (QED) is 0.425. The number of rotatable bonds is 7. The van der Waals surface area contributed by atoms with E-state index in [1.807, 2.05) is 30.3 Å². The van der Waals surface area contributed by atoms with E-state index in [4.69, 9.17) is 0 Å². The Bertz CT molecular complexity index is 1060. The monoisotopic (exact) mass is 433 g/mol. The second-order valence-electron chi connectivity index (χ2n) is 6.02. The number of nitrogens with one attached hydrogen (secondary N) is 2. The number of H-pyrrole nitrogens is 1. The Hall–Kier alpha value is -2.65. The SMILES string of the molecule is CC(Sc1nc(CSc2ccccc2)cc(=O)[nH]1)C(=O)Nc1ccc(F)c(F)c1.